The first-order chi connectivity index (χ1) is 8.08. The average molecular weight is 298 g/mol. The zero-order chi connectivity index (χ0) is 12.4. The third-order valence-corrected chi connectivity index (χ3v) is 3.06. The molecule has 0 aliphatic rings. The van der Waals surface area contributed by atoms with Crippen LogP contribution in [0.15, 0.2) is 28.9 Å². The van der Waals surface area contributed by atoms with Crippen molar-refractivity contribution < 1.29 is 4.92 Å². The molecule has 17 heavy (non-hydrogen) atoms. The minimum atomic E-state index is -0.441. The standard InChI is InChI=1S/C9H8BrN5O2/c10-9-6(2-1-3-7(9)15(16)17)4-14-5-8(11)12-13-14/h1-3,5H,4,11H2. The summed E-state index contributed by atoms with van der Waals surface area (Å²) in [5.74, 6) is 0.312. The molecule has 0 fully saturated rings. The van der Waals surface area contributed by atoms with Gasteiger partial charge in [0.15, 0.2) is 5.82 Å². The summed E-state index contributed by atoms with van der Waals surface area (Å²) in [5.41, 5.74) is 6.20. The van der Waals surface area contributed by atoms with Crippen molar-refractivity contribution in [3.63, 3.8) is 0 Å². The van der Waals surface area contributed by atoms with Crippen LogP contribution < -0.4 is 5.73 Å². The third-order valence-electron chi connectivity index (χ3n) is 2.14. The van der Waals surface area contributed by atoms with Gasteiger partial charge >= 0.3 is 0 Å². The molecule has 0 aliphatic carbocycles. The Morgan fingerprint density at radius 1 is 1.53 bits per heavy atom. The predicted molar refractivity (Wildman–Crippen MR) is 64.3 cm³/mol. The van der Waals surface area contributed by atoms with Crippen LogP contribution in [0.1, 0.15) is 5.56 Å². The van der Waals surface area contributed by atoms with E-state index >= 15 is 0 Å². The summed E-state index contributed by atoms with van der Waals surface area (Å²) in [4.78, 5) is 10.3. The van der Waals surface area contributed by atoms with E-state index in [9.17, 15) is 10.1 Å². The van der Waals surface area contributed by atoms with Crippen LogP contribution in [-0.2, 0) is 6.54 Å². The third kappa shape index (κ3) is 2.41. The topological polar surface area (TPSA) is 99.9 Å². The van der Waals surface area contributed by atoms with E-state index in [1.807, 2.05) is 0 Å². The normalized spacial score (nSPS) is 10.4. The van der Waals surface area contributed by atoms with E-state index in [4.69, 9.17) is 5.73 Å². The van der Waals surface area contributed by atoms with E-state index < -0.39 is 4.92 Å². The van der Waals surface area contributed by atoms with Crippen molar-refractivity contribution in [1.29, 1.82) is 0 Å². The molecular formula is C9H8BrN5O2. The molecule has 0 radical (unpaired) electrons. The van der Waals surface area contributed by atoms with E-state index in [0.29, 0.717) is 16.8 Å². The van der Waals surface area contributed by atoms with Crippen LogP contribution in [0.25, 0.3) is 0 Å². The van der Waals surface area contributed by atoms with Crippen molar-refractivity contribution in [2.24, 2.45) is 0 Å². The molecule has 1 heterocycles. The molecule has 1 aromatic heterocycles. The lowest BCUT2D eigenvalue weighted by molar-refractivity contribution is -0.385. The summed E-state index contributed by atoms with van der Waals surface area (Å²) in [6.45, 7) is 0.368. The Bertz CT molecular complexity index is 568. The minimum absolute atomic E-state index is 0.0237. The molecule has 0 aliphatic heterocycles. The van der Waals surface area contributed by atoms with E-state index in [2.05, 4.69) is 26.2 Å². The highest BCUT2D eigenvalue weighted by molar-refractivity contribution is 9.10. The molecule has 0 bridgehead atoms. The molecule has 0 amide bonds. The van der Waals surface area contributed by atoms with Gasteiger partial charge in [-0.15, -0.1) is 5.10 Å². The Kier molecular flexibility index (Phi) is 3.05. The van der Waals surface area contributed by atoms with Crippen LogP contribution >= 0.6 is 15.9 Å². The van der Waals surface area contributed by atoms with Crippen LogP contribution in [0, 0.1) is 10.1 Å². The highest BCUT2D eigenvalue weighted by Gasteiger charge is 2.15. The van der Waals surface area contributed by atoms with Crippen LogP contribution in [0.4, 0.5) is 11.5 Å². The second-order valence-corrected chi connectivity index (χ2v) is 4.14. The molecule has 0 spiro atoms. The van der Waals surface area contributed by atoms with E-state index in [1.165, 1.54) is 10.7 Å². The zero-order valence-corrected chi connectivity index (χ0v) is 10.2. The Hall–Kier alpha value is -1.96. The number of nitro groups is 1. The number of halogens is 1. The average Bonchev–Trinajstić information content (AvgIpc) is 2.67. The highest BCUT2D eigenvalue weighted by atomic mass is 79.9. The van der Waals surface area contributed by atoms with Crippen molar-refractivity contribution in [2.45, 2.75) is 6.54 Å². The fourth-order valence-electron chi connectivity index (χ4n) is 1.39. The molecule has 1 aromatic carbocycles. The van der Waals surface area contributed by atoms with E-state index in [1.54, 1.807) is 18.3 Å². The molecule has 0 saturated heterocycles. The lowest BCUT2D eigenvalue weighted by Crippen LogP contribution is -2.02. The van der Waals surface area contributed by atoms with Gasteiger partial charge in [0.1, 0.15) is 4.47 Å². The smallest absolute Gasteiger partial charge is 0.283 e. The van der Waals surface area contributed by atoms with Gasteiger partial charge in [0.2, 0.25) is 0 Å². The summed E-state index contributed by atoms with van der Waals surface area (Å²) < 4.78 is 1.96. The molecular weight excluding hydrogens is 290 g/mol. The summed E-state index contributed by atoms with van der Waals surface area (Å²) in [7, 11) is 0. The van der Waals surface area contributed by atoms with Gasteiger partial charge in [-0.25, -0.2) is 4.68 Å². The predicted octanol–water partition coefficient (Wildman–Crippen LogP) is 1.58. The van der Waals surface area contributed by atoms with Crippen LogP contribution in [-0.4, -0.2) is 19.9 Å². The zero-order valence-electron chi connectivity index (χ0n) is 8.58. The lowest BCUT2D eigenvalue weighted by Gasteiger charge is -2.04. The second-order valence-electron chi connectivity index (χ2n) is 3.35. The van der Waals surface area contributed by atoms with Gasteiger partial charge in [-0.3, -0.25) is 10.1 Å². The number of nitro benzene ring substituents is 1. The molecule has 2 aromatic rings. The summed E-state index contributed by atoms with van der Waals surface area (Å²) in [5, 5.41) is 18.2. The maximum absolute atomic E-state index is 10.8. The first-order valence-electron chi connectivity index (χ1n) is 4.65. The molecule has 0 atom stereocenters. The maximum Gasteiger partial charge on any atom is 0.283 e. The summed E-state index contributed by atoms with van der Waals surface area (Å²) >= 11 is 3.21. The molecule has 8 heteroatoms. The number of aromatic nitrogens is 3. The largest absolute Gasteiger partial charge is 0.381 e. The van der Waals surface area contributed by atoms with Gasteiger partial charge in [-0.2, -0.15) is 0 Å². The number of anilines is 1. The Balaban J connectivity index is 2.33. The fourth-order valence-corrected chi connectivity index (χ4v) is 1.93. The molecule has 7 nitrogen and oxygen atoms in total. The minimum Gasteiger partial charge on any atom is -0.381 e. The lowest BCUT2D eigenvalue weighted by atomic mass is 10.2. The number of hydrogen-bond donors (Lipinski definition) is 1. The number of benzene rings is 1. The second kappa shape index (κ2) is 4.50. The number of nitrogens with two attached hydrogens (primary N) is 1. The fraction of sp³-hybridized carbons (Fsp3) is 0.111. The molecule has 0 saturated carbocycles. The van der Waals surface area contributed by atoms with Crippen molar-refractivity contribution in [2.75, 3.05) is 5.73 Å². The maximum atomic E-state index is 10.8. The quantitative estimate of drug-likeness (QED) is 0.685. The van der Waals surface area contributed by atoms with Gasteiger partial charge in [-0.05, 0) is 21.5 Å². The van der Waals surface area contributed by atoms with Gasteiger partial charge in [0.05, 0.1) is 17.7 Å². The number of rotatable bonds is 3. The SMILES string of the molecule is Nc1cn(Cc2cccc([N+](=O)[O-])c2Br)nn1. The van der Waals surface area contributed by atoms with Crippen LogP contribution in [0.2, 0.25) is 0 Å². The molecule has 2 N–H and O–H groups in total. The van der Waals surface area contributed by atoms with E-state index in [0.717, 1.165) is 5.56 Å². The van der Waals surface area contributed by atoms with E-state index in [-0.39, 0.29) is 5.69 Å². The van der Waals surface area contributed by atoms with Crippen molar-refractivity contribution >= 4 is 27.4 Å². The highest BCUT2D eigenvalue weighted by Crippen LogP contribution is 2.28. The molecule has 2 rings (SSSR count). The molecule has 0 unspecified atom stereocenters. The monoisotopic (exact) mass is 297 g/mol. The summed E-state index contributed by atoms with van der Waals surface area (Å²) in [6.07, 6.45) is 1.56. The van der Waals surface area contributed by atoms with Crippen molar-refractivity contribution in [3.8, 4) is 0 Å². The first-order valence-corrected chi connectivity index (χ1v) is 5.44. The summed E-state index contributed by atoms with van der Waals surface area (Å²) in [6, 6.07) is 4.83. The Morgan fingerprint density at radius 2 is 2.29 bits per heavy atom. The van der Waals surface area contributed by atoms with Crippen LogP contribution in [0.3, 0.4) is 0 Å². The molecule has 88 valence electrons. The Labute approximate surface area is 105 Å². The first kappa shape index (κ1) is 11.5. The van der Waals surface area contributed by atoms with Gasteiger partial charge in [0, 0.05) is 6.07 Å². The number of hydrogen-bond acceptors (Lipinski definition) is 5. The van der Waals surface area contributed by atoms with Gasteiger partial charge in [-0.1, -0.05) is 17.3 Å². The van der Waals surface area contributed by atoms with Gasteiger partial charge in [0.25, 0.3) is 5.69 Å². The van der Waals surface area contributed by atoms with Crippen LogP contribution in [0.5, 0.6) is 0 Å². The van der Waals surface area contributed by atoms with Crippen molar-refractivity contribution in [3.05, 3.63) is 44.5 Å². The number of nitrogen functional groups attached to an aromatic ring is 1. The Morgan fingerprint density at radius 3 is 2.88 bits per heavy atom. The van der Waals surface area contributed by atoms with Gasteiger partial charge < -0.3 is 5.73 Å². The number of nitrogens with zero attached hydrogens (tertiary/aromatic N) is 4. The van der Waals surface area contributed by atoms with Crippen molar-refractivity contribution in [1.82, 2.24) is 15.0 Å².